The van der Waals surface area contributed by atoms with Crippen LogP contribution in [0, 0.1) is 0 Å². The fourth-order valence-corrected chi connectivity index (χ4v) is 4.65. The summed E-state index contributed by atoms with van der Waals surface area (Å²) in [6, 6.07) is 5.18. The molecule has 0 aromatic carbocycles. The second kappa shape index (κ2) is 8.38. The lowest BCUT2D eigenvalue weighted by Crippen LogP contribution is -2.31. The van der Waals surface area contributed by atoms with Gasteiger partial charge in [-0.2, -0.15) is 13.2 Å². The third-order valence-corrected chi connectivity index (χ3v) is 7.15. The van der Waals surface area contributed by atoms with Crippen LogP contribution in [0.25, 0.3) is 11.3 Å². The molecule has 0 aliphatic carbocycles. The third-order valence-electron chi connectivity index (χ3n) is 5.17. The van der Waals surface area contributed by atoms with E-state index in [1.165, 1.54) is 31.5 Å². The van der Waals surface area contributed by atoms with Crippen molar-refractivity contribution in [1.29, 1.82) is 0 Å². The number of pyridine rings is 3. The highest BCUT2D eigenvalue weighted by molar-refractivity contribution is 7.91. The Morgan fingerprint density at radius 1 is 1.15 bits per heavy atom. The van der Waals surface area contributed by atoms with Crippen LogP contribution in [0.5, 0.6) is 0 Å². The maximum Gasteiger partial charge on any atom is 0.417 e. The number of fused-ring (bicyclic) bond motifs is 1. The number of rotatable bonds is 4. The minimum absolute atomic E-state index is 0.0166. The van der Waals surface area contributed by atoms with E-state index in [2.05, 4.69) is 15.0 Å². The minimum atomic E-state index is -4.64. The minimum Gasteiger partial charge on any atom is -0.305 e. The molecule has 12 heteroatoms. The average Bonchev–Trinajstić information content (AvgIpc) is 3.21. The number of carbonyl (C=O) groups excluding carboxylic acids is 1. The molecule has 3 aromatic heterocycles. The zero-order chi connectivity index (χ0) is 24.0. The number of aromatic nitrogens is 3. The molecule has 0 radical (unpaired) electrons. The van der Waals surface area contributed by atoms with E-state index in [9.17, 15) is 26.4 Å². The first kappa shape index (κ1) is 23.1. The summed E-state index contributed by atoms with van der Waals surface area (Å²) >= 11 is 5.99. The predicted octanol–water partition coefficient (Wildman–Crippen LogP) is 4.21. The third kappa shape index (κ3) is 4.42. The van der Waals surface area contributed by atoms with Crippen molar-refractivity contribution in [2.24, 2.45) is 0 Å². The quantitative estimate of drug-likeness (QED) is 0.537. The van der Waals surface area contributed by atoms with Crippen molar-refractivity contribution in [3.05, 3.63) is 64.8 Å². The maximum absolute atomic E-state index is 13.3. The van der Waals surface area contributed by atoms with Gasteiger partial charge in [-0.3, -0.25) is 14.8 Å². The molecule has 0 fully saturated rings. The smallest absolute Gasteiger partial charge is 0.305 e. The Labute approximate surface area is 192 Å². The van der Waals surface area contributed by atoms with E-state index < -0.39 is 27.5 Å². The molecule has 0 bridgehead atoms. The van der Waals surface area contributed by atoms with Gasteiger partial charge < -0.3 is 4.90 Å². The molecule has 1 amide bonds. The van der Waals surface area contributed by atoms with Gasteiger partial charge in [0.2, 0.25) is 0 Å². The Morgan fingerprint density at radius 3 is 2.58 bits per heavy atom. The first-order valence-corrected chi connectivity index (χ1v) is 11.8. The monoisotopic (exact) mass is 496 g/mol. The van der Waals surface area contributed by atoms with E-state index in [1.807, 2.05) is 0 Å². The van der Waals surface area contributed by atoms with E-state index in [-0.39, 0.29) is 35.0 Å². The van der Waals surface area contributed by atoms with Crippen LogP contribution >= 0.6 is 11.6 Å². The molecule has 4 rings (SSSR count). The molecule has 1 aliphatic heterocycles. The van der Waals surface area contributed by atoms with Crippen LogP contribution in [0.3, 0.4) is 0 Å². The van der Waals surface area contributed by atoms with Crippen molar-refractivity contribution in [2.75, 3.05) is 17.2 Å². The highest BCUT2D eigenvalue weighted by Gasteiger charge is 2.36. The van der Waals surface area contributed by atoms with Crippen molar-refractivity contribution in [3.63, 3.8) is 0 Å². The highest BCUT2D eigenvalue weighted by atomic mass is 35.5. The van der Waals surface area contributed by atoms with Crippen LogP contribution < -0.4 is 4.90 Å². The molecule has 3 aromatic rings. The molecular formula is C21H16ClF3N4O3S. The standard InChI is InChI=1S/C21H16ClF3N4O3S/c1-2-33(31,32)18-7-12(16-9-14(22)3-5-26-16)10-28-19(18)20(30)29-6-4-15-17(29)8-13(11-27-15)21(23,24)25/h3,5,7-11H,2,4,6H2,1H3. The van der Waals surface area contributed by atoms with Gasteiger partial charge in [-0.15, -0.1) is 0 Å². The van der Waals surface area contributed by atoms with Gasteiger partial charge in [0.25, 0.3) is 5.91 Å². The number of halogens is 4. The zero-order valence-corrected chi connectivity index (χ0v) is 18.7. The van der Waals surface area contributed by atoms with Crippen LogP contribution in [0.1, 0.15) is 28.7 Å². The van der Waals surface area contributed by atoms with Gasteiger partial charge in [-0.1, -0.05) is 18.5 Å². The van der Waals surface area contributed by atoms with Gasteiger partial charge in [-0.25, -0.2) is 13.4 Å². The van der Waals surface area contributed by atoms with E-state index in [1.54, 1.807) is 6.07 Å². The summed E-state index contributed by atoms with van der Waals surface area (Å²) in [5, 5.41) is 0.377. The second-order valence-corrected chi connectivity index (χ2v) is 9.91. The number of nitrogens with zero attached hydrogens (tertiary/aromatic N) is 4. The first-order chi connectivity index (χ1) is 15.5. The topological polar surface area (TPSA) is 93.1 Å². The van der Waals surface area contributed by atoms with E-state index in [4.69, 9.17) is 11.6 Å². The lowest BCUT2D eigenvalue weighted by atomic mass is 10.1. The van der Waals surface area contributed by atoms with Gasteiger partial charge >= 0.3 is 6.18 Å². The maximum atomic E-state index is 13.3. The molecule has 33 heavy (non-hydrogen) atoms. The number of alkyl halides is 3. The number of sulfone groups is 1. The Bertz CT molecular complexity index is 1360. The first-order valence-electron chi connectivity index (χ1n) is 9.74. The van der Waals surface area contributed by atoms with Gasteiger partial charge in [0.15, 0.2) is 9.84 Å². The number of hydrogen-bond donors (Lipinski definition) is 0. The largest absolute Gasteiger partial charge is 0.417 e. The van der Waals surface area contributed by atoms with Gasteiger partial charge in [-0.05, 0) is 24.3 Å². The SMILES string of the molecule is CCS(=O)(=O)c1cc(-c2cc(Cl)ccn2)cnc1C(=O)N1CCc2ncc(C(F)(F)F)cc21. The van der Waals surface area contributed by atoms with E-state index in [0.29, 0.717) is 28.2 Å². The highest BCUT2D eigenvalue weighted by Crippen LogP contribution is 2.36. The van der Waals surface area contributed by atoms with Crippen molar-refractivity contribution in [2.45, 2.75) is 24.4 Å². The van der Waals surface area contributed by atoms with Gasteiger partial charge in [0.1, 0.15) is 5.69 Å². The second-order valence-electron chi connectivity index (χ2n) is 7.23. The molecule has 7 nitrogen and oxygen atoms in total. The molecule has 172 valence electrons. The predicted molar refractivity (Wildman–Crippen MR) is 115 cm³/mol. The molecule has 0 atom stereocenters. The lowest BCUT2D eigenvalue weighted by molar-refractivity contribution is -0.137. The van der Waals surface area contributed by atoms with E-state index in [0.717, 1.165) is 11.0 Å². The Balaban J connectivity index is 1.81. The van der Waals surface area contributed by atoms with Crippen molar-refractivity contribution in [3.8, 4) is 11.3 Å². The number of carbonyl (C=O) groups is 1. The lowest BCUT2D eigenvalue weighted by Gasteiger charge is -2.19. The van der Waals surface area contributed by atoms with Crippen LogP contribution in [0.2, 0.25) is 5.02 Å². The summed E-state index contributed by atoms with van der Waals surface area (Å²) in [7, 11) is -3.92. The summed E-state index contributed by atoms with van der Waals surface area (Å²) in [5.74, 6) is -1.13. The number of amides is 1. The van der Waals surface area contributed by atoms with Gasteiger partial charge in [0.05, 0.1) is 33.3 Å². The molecule has 0 saturated carbocycles. The average molecular weight is 497 g/mol. The molecule has 0 N–H and O–H groups in total. The van der Waals surface area contributed by atoms with Crippen LogP contribution in [-0.2, 0) is 22.4 Å². The van der Waals surface area contributed by atoms with Crippen LogP contribution in [0.15, 0.2) is 47.8 Å². The Kier molecular flexibility index (Phi) is 5.87. The summed E-state index contributed by atoms with van der Waals surface area (Å²) in [5.41, 5.74) is -0.408. The molecular weight excluding hydrogens is 481 g/mol. The van der Waals surface area contributed by atoms with Crippen LogP contribution in [0.4, 0.5) is 18.9 Å². The summed E-state index contributed by atoms with van der Waals surface area (Å²) in [6.45, 7) is 1.46. The summed E-state index contributed by atoms with van der Waals surface area (Å²) < 4.78 is 65.1. The van der Waals surface area contributed by atoms with Crippen molar-refractivity contribution >= 4 is 33.0 Å². The molecule has 0 unspecified atom stereocenters. The Morgan fingerprint density at radius 2 is 1.91 bits per heavy atom. The van der Waals surface area contributed by atoms with E-state index >= 15 is 0 Å². The number of anilines is 1. The normalized spacial score (nSPS) is 13.8. The fraction of sp³-hybridized carbons (Fsp3) is 0.238. The molecule has 4 heterocycles. The van der Waals surface area contributed by atoms with Crippen LogP contribution in [-0.4, -0.2) is 41.6 Å². The summed E-state index contributed by atoms with van der Waals surface area (Å²) in [6.07, 6.45) is -0.969. The Hall–Kier alpha value is -3.05. The summed E-state index contributed by atoms with van der Waals surface area (Å²) in [4.78, 5) is 26.1. The van der Waals surface area contributed by atoms with Gasteiger partial charge in [0, 0.05) is 42.1 Å². The molecule has 1 aliphatic rings. The van der Waals surface area contributed by atoms with Crippen molar-refractivity contribution in [1.82, 2.24) is 15.0 Å². The zero-order valence-electron chi connectivity index (χ0n) is 17.1. The van der Waals surface area contributed by atoms with Crippen molar-refractivity contribution < 1.29 is 26.4 Å². The molecule has 0 saturated heterocycles. The number of hydrogen-bond acceptors (Lipinski definition) is 6. The molecule has 0 spiro atoms. The fourth-order valence-electron chi connectivity index (χ4n) is 3.44.